The van der Waals surface area contributed by atoms with Gasteiger partial charge in [-0.05, 0) is 41.9 Å². The van der Waals surface area contributed by atoms with E-state index in [1.54, 1.807) is 0 Å². The zero-order valence-corrected chi connectivity index (χ0v) is 12.5. The number of ether oxygens (including phenoxy) is 2. The van der Waals surface area contributed by atoms with Gasteiger partial charge < -0.3 is 9.47 Å². The van der Waals surface area contributed by atoms with Crippen molar-refractivity contribution in [2.75, 3.05) is 0 Å². The van der Waals surface area contributed by atoms with Crippen molar-refractivity contribution in [2.24, 2.45) is 22.7 Å². The molecule has 3 fully saturated rings. The first-order valence-corrected chi connectivity index (χ1v) is 7.64. The van der Waals surface area contributed by atoms with E-state index in [1.165, 1.54) is 12.8 Å². The van der Waals surface area contributed by atoms with E-state index in [0.717, 1.165) is 18.8 Å². The first kappa shape index (κ1) is 13.4. The summed E-state index contributed by atoms with van der Waals surface area (Å²) >= 11 is 0. The predicted octanol–water partition coefficient (Wildman–Crippen LogP) is 3.49. The van der Waals surface area contributed by atoms with E-state index in [1.807, 2.05) is 6.92 Å². The van der Waals surface area contributed by atoms with Crippen LogP contribution >= 0.6 is 0 Å². The third-order valence-corrected chi connectivity index (χ3v) is 6.50. The van der Waals surface area contributed by atoms with E-state index in [2.05, 4.69) is 26.8 Å². The van der Waals surface area contributed by atoms with Crippen molar-refractivity contribution in [3.63, 3.8) is 0 Å². The smallest absolute Gasteiger partial charge is 0.160 e. The molecule has 1 heterocycles. The van der Waals surface area contributed by atoms with Crippen LogP contribution in [0.3, 0.4) is 0 Å². The first-order chi connectivity index (χ1) is 8.94. The van der Waals surface area contributed by atoms with Crippen molar-refractivity contribution in [1.29, 1.82) is 5.26 Å². The van der Waals surface area contributed by atoms with E-state index in [-0.39, 0.29) is 17.8 Å². The van der Waals surface area contributed by atoms with Crippen molar-refractivity contribution in [2.45, 2.75) is 71.9 Å². The maximum atomic E-state index is 9.01. The summed E-state index contributed by atoms with van der Waals surface area (Å²) in [7, 11) is 0. The molecule has 3 aliphatic rings. The van der Waals surface area contributed by atoms with Crippen LogP contribution in [0.1, 0.15) is 53.4 Å². The van der Waals surface area contributed by atoms with E-state index in [4.69, 9.17) is 14.7 Å². The number of fused-ring (bicyclic) bond motifs is 5. The fourth-order valence-electron chi connectivity index (χ4n) is 4.97. The Morgan fingerprint density at radius 2 is 2.16 bits per heavy atom. The van der Waals surface area contributed by atoms with Gasteiger partial charge in [-0.2, -0.15) is 5.26 Å². The molecule has 0 aromatic heterocycles. The monoisotopic (exact) mass is 263 g/mol. The molecule has 106 valence electrons. The molecule has 3 rings (SSSR count). The Morgan fingerprint density at radius 3 is 2.74 bits per heavy atom. The zero-order valence-electron chi connectivity index (χ0n) is 12.5. The molecule has 1 saturated heterocycles. The van der Waals surface area contributed by atoms with Gasteiger partial charge in [0.1, 0.15) is 6.10 Å². The average molecular weight is 263 g/mol. The highest BCUT2D eigenvalue weighted by Crippen LogP contribution is 2.71. The minimum absolute atomic E-state index is 0.157. The highest BCUT2D eigenvalue weighted by molar-refractivity contribution is 5.16. The van der Waals surface area contributed by atoms with Gasteiger partial charge in [-0.25, -0.2) is 0 Å². The molecular weight excluding hydrogens is 238 g/mol. The minimum Gasteiger partial charge on any atom is -0.348 e. The highest BCUT2D eigenvalue weighted by Gasteiger charge is 2.69. The molecule has 6 atom stereocenters. The average Bonchev–Trinajstić information content (AvgIpc) is 2.93. The molecule has 0 N–H and O–H groups in total. The van der Waals surface area contributed by atoms with Gasteiger partial charge in [-0.1, -0.05) is 27.7 Å². The molecule has 19 heavy (non-hydrogen) atoms. The van der Waals surface area contributed by atoms with Crippen LogP contribution in [-0.2, 0) is 9.47 Å². The summed E-state index contributed by atoms with van der Waals surface area (Å²) in [6.45, 7) is 9.19. The van der Waals surface area contributed by atoms with Crippen molar-refractivity contribution < 1.29 is 9.47 Å². The fraction of sp³-hybridized carbons (Fsp3) is 0.938. The van der Waals surface area contributed by atoms with Gasteiger partial charge in [0.2, 0.25) is 0 Å². The molecule has 3 heteroatoms. The lowest BCUT2D eigenvalue weighted by Crippen LogP contribution is -2.38. The second-order valence-electron chi connectivity index (χ2n) is 7.33. The largest absolute Gasteiger partial charge is 0.348 e. The minimum atomic E-state index is -0.317. The number of rotatable bonds is 3. The van der Waals surface area contributed by atoms with E-state index < -0.39 is 0 Å². The van der Waals surface area contributed by atoms with Gasteiger partial charge in [0.25, 0.3) is 0 Å². The van der Waals surface area contributed by atoms with Gasteiger partial charge in [-0.15, -0.1) is 0 Å². The molecule has 0 aromatic rings. The molecule has 2 saturated carbocycles. The summed E-state index contributed by atoms with van der Waals surface area (Å²) in [6.07, 6.45) is 4.18. The summed E-state index contributed by atoms with van der Waals surface area (Å²) in [5.74, 6) is 1.40. The maximum absolute atomic E-state index is 9.01. The molecule has 0 unspecified atom stereocenters. The predicted molar refractivity (Wildman–Crippen MR) is 72.2 cm³/mol. The van der Waals surface area contributed by atoms with E-state index in [0.29, 0.717) is 17.4 Å². The lowest BCUT2D eigenvalue weighted by atomic mass is 9.70. The first-order valence-electron chi connectivity index (χ1n) is 7.64. The van der Waals surface area contributed by atoms with Crippen LogP contribution in [0.15, 0.2) is 0 Å². The molecule has 0 spiro atoms. The Balaban J connectivity index is 1.74. The van der Waals surface area contributed by atoms with Gasteiger partial charge >= 0.3 is 0 Å². The maximum Gasteiger partial charge on any atom is 0.160 e. The summed E-state index contributed by atoms with van der Waals surface area (Å²) in [5, 5.41) is 9.01. The number of nitrogens with zero attached hydrogens (tertiary/aromatic N) is 1. The Hall–Kier alpha value is -0.590. The number of nitriles is 1. The van der Waals surface area contributed by atoms with Gasteiger partial charge in [0, 0.05) is 6.42 Å². The number of hydrogen-bond acceptors (Lipinski definition) is 3. The lowest BCUT2D eigenvalue weighted by molar-refractivity contribution is -0.176. The zero-order chi connectivity index (χ0) is 13.8. The molecule has 2 bridgehead atoms. The van der Waals surface area contributed by atoms with Crippen LogP contribution < -0.4 is 0 Å². The Labute approximate surface area is 116 Å². The van der Waals surface area contributed by atoms with Crippen LogP contribution in [0, 0.1) is 34.0 Å². The summed E-state index contributed by atoms with van der Waals surface area (Å²) < 4.78 is 12.0. The molecule has 0 aromatic carbocycles. The molecule has 0 radical (unpaired) electrons. The van der Waals surface area contributed by atoms with Crippen molar-refractivity contribution in [3.05, 3.63) is 0 Å². The molecule has 2 aliphatic carbocycles. The summed E-state index contributed by atoms with van der Waals surface area (Å²) in [6, 6.07) is 2.21. The SMILES string of the molecule is CC[C@H](C#N)O[C@@H]1C[C@H]2[C@H]3CC[C@@](C)([C@H]2O1)C3(C)C. The Morgan fingerprint density at radius 1 is 1.42 bits per heavy atom. The molecule has 0 amide bonds. The molecule has 3 nitrogen and oxygen atoms in total. The third-order valence-electron chi connectivity index (χ3n) is 6.50. The second-order valence-corrected chi connectivity index (χ2v) is 7.33. The van der Waals surface area contributed by atoms with Crippen molar-refractivity contribution in [3.8, 4) is 6.07 Å². The van der Waals surface area contributed by atoms with Crippen LogP contribution in [0.25, 0.3) is 0 Å². The molecule has 1 aliphatic heterocycles. The van der Waals surface area contributed by atoms with E-state index >= 15 is 0 Å². The quantitative estimate of drug-likeness (QED) is 0.782. The summed E-state index contributed by atoms with van der Waals surface area (Å²) in [5.41, 5.74) is 0.668. The van der Waals surface area contributed by atoms with E-state index in [9.17, 15) is 0 Å². The van der Waals surface area contributed by atoms with Crippen molar-refractivity contribution in [1.82, 2.24) is 0 Å². The van der Waals surface area contributed by atoms with Crippen molar-refractivity contribution >= 4 is 0 Å². The normalized spacial score (nSPS) is 47.9. The highest BCUT2D eigenvalue weighted by atomic mass is 16.7. The van der Waals surface area contributed by atoms with Crippen LogP contribution in [0.5, 0.6) is 0 Å². The summed E-state index contributed by atoms with van der Waals surface area (Å²) in [4.78, 5) is 0. The standard InChI is InChI=1S/C16H25NO2/c1-5-10(9-17)18-13-8-11-12-6-7-16(4,14(11)19-13)15(12,2)3/h10-14H,5-8H2,1-4H3/t10-,11+,12-,13+,14+,16+/m1/s1. The van der Waals surface area contributed by atoms with Crippen LogP contribution in [-0.4, -0.2) is 18.5 Å². The van der Waals surface area contributed by atoms with Crippen LogP contribution in [0.4, 0.5) is 0 Å². The third kappa shape index (κ3) is 1.63. The Bertz CT molecular complexity index is 413. The van der Waals surface area contributed by atoms with Gasteiger partial charge in [0.05, 0.1) is 12.2 Å². The number of hydrogen-bond donors (Lipinski definition) is 0. The second kappa shape index (κ2) is 4.20. The fourth-order valence-corrected chi connectivity index (χ4v) is 4.97. The van der Waals surface area contributed by atoms with Gasteiger partial charge in [-0.3, -0.25) is 0 Å². The topological polar surface area (TPSA) is 42.2 Å². The molecular formula is C16H25NO2. The van der Waals surface area contributed by atoms with Gasteiger partial charge in [0.15, 0.2) is 6.29 Å². The lowest BCUT2D eigenvalue weighted by Gasteiger charge is -2.38. The van der Waals surface area contributed by atoms with Crippen LogP contribution in [0.2, 0.25) is 0 Å². The Kier molecular flexibility index (Phi) is 2.96.